The molecule has 0 aromatic heterocycles. The maximum Gasteiger partial charge on any atom is 0.223 e. The second-order valence-corrected chi connectivity index (χ2v) is 5.98. The third-order valence-electron chi connectivity index (χ3n) is 4.55. The van der Waals surface area contributed by atoms with Gasteiger partial charge in [-0.25, -0.2) is 0 Å². The predicted octanol–water partition coefficient (Wildman–Crippen LogP) is 2.84. The van der Waals surface area contributed by atoms with Crippen LogP contribution in [0, 0.1) is 0 Å². The molecule has 1 amide bonds. The van der Waals surface area contributed by atoms with Crippen molar-refractivity contribution in [1.82, 2.24) is 9.80 Å². The van der Waals surface area contributed by atoms with Gasteiger partial charge in [0.15, 0.2) is 0 Å². The molecule has 0 N–H and O–H groups in total. The first-order chi connectivity index (χ1) is 9.84. The molecule has 1 aromatic rings. The van der Waals surface area contributed by atoms with Crippen LogP contribution in [-0.2, 0) is 4.79 Å². The molecule has 3 rings (SSSR count). The summed E-state index contributed by atoms with van der Waals surface area (Å²) < 4.78 is 0. The number of carbonyl (C=O) groups is 1. The van der Waals surface area contributed by atoms with E-state index in [9.17, 15) is 4.79 Å². The number of nitrogens with zero attached hydrogens (tertiary/aromatic N) is 2. The summed E-state index contributed by atoms with van der Waals surface area (Å²) in [6.45, 7) is 4.29. The maximum absolute atomic E-state index is 12.3. The second-order valence-electron chi connectivity index (χ2n) is 5.98. The summed E-state index contributed by atoms with van der Waals surface area (Å²) >= 11 is 0. The van der Waals surface area contributed by atoms with Gasteiger partial charge >= 0.3 is 0 Å². The Kier molecular flexibility index (Phi) is 4.36. The molecule has 2 aliphatic heterocycles. The summed E-state index contributed by atoms with van der Waals surface area (Å²) in [5, 5.41) is 0. The fraction of sp³-hybridized carbons (Fsp3) is 0.588. The van der Waals surface area contributed by atoms with Crippen molar-refractivity contribution in [2.45, 2.75) is 38.1 Å². The Balaban J connectivity index is 1.80. The van der Waals surface area contributed by atoms with Crippen LogP contribution in [0.5, 0.6) is 0 Å². The van der Waals surface area contributed by atoms with E-state index >= 15 is 0 Å². The number of hydrogen-bond acceptors (Lipinski definition) is 2. The van der Waals surface area contributed by atoms with Crippen LogP contribution in [0.1, 0.15) is 43.7 Å². The highest BCUT2D eigenvalue weighted by atomic mass is 16.2. The highest BCUT2D eigenvalue weighted by Gasteiger charge is 2.29. The Morgan fingerprint density at radius 2 is 1.65 bits per heavy atom. The molecule has 108 valence electrons. The number of likely N-dealkylation sites (tertiary alicyclic amines) is 2. The van der Waals surface area contributed by atoms with Crippen molar-refractivity contribution in [2.24, 2.45) is 0 Å². The van der Waals surface area contributed by atoms with Gasteiger partial charge in [-0.15, -0.1) is 0 Å². The molecule has 2 saturated heterocycles. The molecule has 0 spiro atoms. The highest BCUT2D eigenvalue weighted by molar-refractivity contribution is 5.77. The molecule has 0 bridgehead atoms. The van der Waals surface area contributed by atoms with E-state index in [2.05, 4.69) is 40.1 Å². The lowest BCUT2D eigenvalue weighted by Crippen LogP contribution is -2.43. The first-order valence-corrected chi connectivity index (χ1v) is 7.91. The maximum atomic E-state index is 12.3. The quantitative estimate of drug-likeness (QED) is 0.841. The Morgan fingerprint density at radius 1 is 0.950 bits per heavy atom. The van der Waals surface area contributed by atoms with Crippen molar-refractivity contribution >= 4 is 5.91 Å². The average Bonchev–Trinajstić information content (AvgIpc) is 3.00. The molecular weight excluding hydrogens is 248 g/mol. The van der Waals surface area contributed by atoms with Crippen LogP contribution in [0.4, 0.5) is 0 Å². The smallest absolute Gasteiger partial charge is 0.223 e. The summed E-state index contributed by atoms with van der Waals surface area (Å²) in [5.74, 6) is 0.337. The molecule has 3 nitrogen and oxygen atoms in total. The second kappa shape index (κ2) is 6.40. The lowest BCUT2D eigenvalue weighted by molar-refractivity contribution is -0.136. The first-order valence-electron chi connectivity index (χ1n) is 7.91. The van der Waals surface area contributed by atoms with Crippen LogP contribution in [0.25, 0.3) is 0 Å². The van der Waals surface area contributed by atoms with Crippen LogP contribution in [-0.4, -0.2) is 41.9 Å². The van der Waals surface area contributed by atoms with Crippen LogP contribution in [0.2, 0.25) is 0 Å². The van der Waals surface area contributed by atoms with Gasteiger partial charge in [-0.2, -0.15) is 0 Å². The van der Waals surface area contributed by atoms with Crippen LogP contribution in [0.15, 0.2) is 30.3 Å². The molecule has 2 fully saturated rings. The van der Waals surface area contributed by atoms with Crippen molar-refractivity contribution in [3.63, 3.8) is 0 Å². The Hall–Kier alpha value is -1.35. The van der Waals surface area contributed by atoms with E-state index in [0.29, 0.717) is 5.91 Å². The molecule has 0 saturated carbocycles. The van der Waals surface area contributed by atoms with Gasteiger partial charge in [-0.3, -0.25) is 4.79 Å². The van der Waals surface area contributed by atoms with Gasteiger partial charge in [0.1, 0.15) is 0 Å². The van der Waals surface area contributed by atoms with E-state index in [4.69, 9.17) is 0 Å². The molecule has 0 aliphatic carbocycles. The lowest BCUT2D eigenvalue weighted by Gasteiger charge is -2.37. The normalized spacial score (nSPS) is 22.2. The molecule has 1 unspecified atom stereocenters. The van der Waals surface area contributed by atoms with E-state index in [1.807, 2.05) is 0 Å². The Morgan fingerprint density at radius 3 is 2.35 bits per heavy atom. The number of carbonyl (C=O) groups excluding carboxylic acids is 1. The predicted molar refractivity (Wildman–Crippen MR) is 80.4 cm³/mol. The monoisotopic (exact) mass is 272 g/mol. The van der Waals surface area contributed by atoms with Gasteiger partial charge in [0.25, 0.3) is 0 Å². The van der Waals surface area contributed by atoms with Crippen LogP contribution >= 0.6 is 0 Å². The zero-order valence-electron chi connectivity index (χ0n) is 12.1. The zero-order chi connectivity index (χ0) is 13.8. The summed E-state index contributed by atoms with van der Waals surface area (Å²) in [6, 6.07) is 10.8. The molecule has 3 heteroatoms. The SMILES string of the molecule is O=C1CCCCN1C(CN1CCCC1)c1ccccc1. The van der Waals surface area contributed by atoms with Gasteiger partial charge in [-0.1, -0.05) is 30.3 Å². The molecular formula is C17H24N2O. The van der Waals surface area contributed by atoms with Crippen molar-refractivity contribution in [1.29, 1.82) is 0 Å². The van der Waals surface area contributed by atoms with Gasteiger partial charge in [0, 0.05) is 19.5 Å². The molecule has 1 atom stereocenters. The van der Waals surface area contributed by atoms with Crippen molar-refractivity contribution in [2.75, 3.05) is 26.2 Å². The summed E-state index contributed by atoms with van der Waals surface area (Å²) in [5.41, 5.74) is 1.29. The van der Waals surface area contributed by atoms with Crippen molar-refractivity contribution in [3.05, 3.63) is 35.9 Å². The zero-order valence-corrected chi connectivity index (χ0v) is 12.1. The van der Waals surface area contributed by atoms with Gasteiger partial charge < -0.3 is 9.80 Å². The molecule has 2 heterocycles. The number of rotatable bonds is 4. The molecule has 20 heavy (non-hydrogen) atoms. The van der Waals surface area contributed by atoms with E-state index < -0.39 is 0 Å². The average molecular weight is 272 g/mol. The van der Waals surface area contributed by atoms with Crippen LogP contribution < -0.4 is 0 Å². The third-order valence-corrected chi connectivity index (χ3v) is 4.55. The number of amides is 1. The molecule has 0 radical (unpaired) electrons. The van der Waals surface area contributed by atoms with Crippen molar-refractivity contribution in [3.8, 4) is 0 Å². The van der Waals surface area contributed by atoms with Crippen molar-refractivity contribution < 1.29 is 4.79 Å². The minimum Gasteiger partial charge on any atom is -0.334 e. The first kappa shape index (κ1) is 13.6. The van der Waals surface area contributed by atoms with E-state index in [0.717, 1.165) is 32.4 Å². The fourth-order valence-corrected chi connectivity index (χ4v) is 3.43. The third kappa shape index (κ3) is 3.04. The molecule has 1 aromatic carbocycles. The van der Waals surface area contributed by atoms with Gasteiger partial charge in [-0.05, 0) is 44.3 Å². The van der Waals surface area contributed by atoms with E-state index in [1.54, 1.807) is 0 Å². The summed E-state index contributed by atoms with van der Waals surface area (Å²) in [4.78, 5) is 16.9. The lowest BCUT2D eigenvalue weighted by atomic mass is 10.0. The van der Waals surface area contributed by atoms with Gasteiger partial charge in [0.05, 0.1) is 6.04 Å². The summed E-state index contributed by atoms with van der Waals surface area (Å²) in [6.07, 6.45) is 5.53. The fourth-order valence-electron chi connectivity index (χ4n) is 3.43. The highest BCUT2D eigenvalue weighted by Crippen LogP contribution is 2.27. The largest absolute Gasteiger partial charge is 0.334 e. The molecule has 2 aliphatic rings. The number of hydrogen-bond donors (Lipinski definition) is 0. The number of piperidine rings is 1. The van der Waals surface area contributed by atoms with Gasteiger partial charge in [0.2, 0.25) is 5.91 Å². The Labute approximate surface area is 121 Å². The van der Waals surface area contributed by atoms with E-state index in [-0.39, 0.29) is 6.04 Å². The minimum absolute atomic E-state index is 0.238. The minimum atomic E-state index is 0.238. The topological polar surface area (TPSA) is 23.6 Å². The number of benzene rings is 1. The summed E-state index contributed by atoms with van der Waals surface area (Å²) in [7, 11) is 0. The Bertz CT molecular complexity index is 440. The standard InChI is InChI=1S/C17H24N2O/c20-17-10-4-5-13-19(17)16(14-18-11-6-7-12-18)15-8-2-1-3-9-15/h1-3,8-9,16H,4-7,10-14H2. The van der Waals surface area contributed by atoms with Crippen LogP contribution in [0.3, 0.4) is 0 Å². The van der Waals surface area contributed by atoms with E-state index in [1.165, 1.54) is 31.5 Å².